The Morgan fingerprint density at radius 3 is 2.47 bits per heavy atom. The van der Waals surface area contributed by atoms with E-state index in [1.165, 1.54) is 7.11 Å². The van der Waals surface area contributed by atoms with E-state index in [0.717, 1.165) is 0 Å². The molecule has 2 N–H and O–H groups in total. The van der Waals surface area contributed by atoms with Gasteiger partial charge < -0.3 is 9.84 Å². The van der Waals surface area contributed by atoms with Crippen molar-refractivity contribution >= 4 is 16.0 Å². The minimum atomic E-state index is -3.40. The van der Waals surface area contributed by atoms with Crippen molar-refractivity contribution in [1.82, 2.24) is 4.72 Å². The van der Waals surface area contributed by atoms with Crippen LogP contribution >= 0.6 is 0 Å². The third kappa shape index (κ3) is 9.08. The van der Waals surface area contributed by atoms with Gasteiger partial charge in [0.1, 0.15) is 0 Å². The predicted molar refractivity (Wildman–Crippen MR) is 63.9 cm³/mol. The topological polar surface area (TPSA) is 92.7 Å². The Hall–Kier alpha value is -0.660. The summed E-state index contributed by atoms with van der Waals surface area (Å²) in [4.78, 5) is 10.8. The van der Waals surface area contributed by atoms with Crippen molar-refractivity contribution in [3.8, 4) is 0 Å². The first kappa shape index (κ1) is 16.3. The number of esters is 1. The van der Waals surface area contributed by atoms with Crippen molar-refractivity contribution in [2.24, 2.45) is 0 Å². The fraction of sp³-hybridized carbons (Fsp3) is 0.900. The molecule has 0 aliphatic rings. The maximum atomic E-state index is 11.5. The molecule has 0 aromatic rings. The fourth-order valence-electron chi connectivity index (χ4n) is 1.43. The lowest BCUT2D eigenvalue weighted by molar-refractivity contribution is -0.140. The normalized spacial score (nSPS) is 15.3. The third-order valence-electron chi connectivity index (χ3n) is 2.10. The molecule has 0 saturated carbocycles. The van der Waals surface area contributed by atoms with Gasteiger partial charge in [0, 0.05) is 12.5 Å². The van der Waals surface area contributed by atoms with Crippen LogP contribution in [0.15, 0.2) is 0 Å². The number of carbonyl (C=O) groups excluding carboxylic acids is 1. The lowest BCUT2D eigenvalue weighted by Gasteiger charge is -2.15. The lowest BCUT2D eigenvalue weighted by Crippen LogP contribution is -2.36. The molecule has 17 heavy (non-hydrogen) atoms. The number of aliphatic hydroxyl groups is 1. The van der Waals surface area contributed by atoms with Crippen molar-refractivity contribution in [3.05, 3.63) is 0 Å². The largest absolute Gasteiger partial charge is 0.469 e. The van der Waals surface area contributed by atoms with Gasteiger partial charge in [-0.15, -0.1) is 0 Å². The van der Waals surface area contributed by atoms with Crippen LogP contribution in [0.5, 0.6) is 0 Å². The van der Waals surface area contributed by atoms with Crippen LogP contribution in [0.4, 0.5) is 0 Å². The highest BCUT2D eigenvalue weighted by atomic mass is 32.2. The maximum Gasteiger partial charge on any atom is 0.305 e. The summed E-state index contributed by atoms with van der Waals surface area (Å²) in [6, 6.07) is -0.321. The first-order valence-electron chi connectivity index (χ1n) is 5.51. The molecule has 0 aromatic heterocycles. The highest BCUT2D eigenvalue weighted by Gasteiger charge is 2.16. The lowest BCUT2D eigenvalue weighted by atomic mass is 10.2. The predicted octanol–water partition coefficient (Wildman–Crippen LogP) is 0.0184. The van der Waals surface area contributed by atoms with E-state index in [-0.39, 0.29) is 24.6 Å². The van der Waals surface area contributed by atoms with Gasteiger partial charge in [-0.25, -0.2) is 13.1 Å². The molecule has 0 fully saturated rings. The quantitative estimate of drug-likeness (QED) is 0.605. The third-order valence-corrected chi connectivity index (χ3v) is 3.68. The zero-order valence-corrected chi connectivity index (χ0v) is 11.3. The Morgan fingerprint density at radius 1 is 1.41 bits per heavy atom. The number of aliphatic hydroxyl groups excluding tert-OH is 1. The molecular weight excluding hydrogens is 246 g/mol. The van der Waals surface area contributed by atoms with Gasteiger partial charge in [-0.2, -0.15) is 0 Å². The number of hydrogen-bond acceptors (Lipinski definition) is 5. The molecule has 0 rings (SSSR count). The zero-order valence-electron chi connectivity index (χ0n) is 10.5. The van der Waals surface area contributed by atoms with Gasteiger partial charge in [-0.1, -0.05) is 0 Å². The summed E-state index contributed by atoms with van der Waals surface area (Å²) in [5, 5.41) is 9.10. The highest BCUT2D eigenvalue weighted by molar-refractivity contribution is 7.89. The van der Waals surface area contributed by atoms with E-state index in [0.29, 0.717) is 6.42 Å². The summed E-state index contributed by atoms with van der Waals surface area (Å²) < 4.78 is 29.9. The van der Waals surface area contributed by atoms with E-state index >= 15 is 0 Å². The molecule has 0 bridgehead atoms. The first-order chi connectivity index (χ1) is 7.76. The van der Waals surface area contributed by atoms with Crippen LogP contribution in [0.3, 0.4) is 0 Å². The maximum absolute atomic E-state index is 11.5. The molecular formula is C10H21NO5S. The van der Waals surface area contributed by atoms with Crippen molar-refractivity contribution < 1.29 is 23.1 Å². The Bertz CT molecular complexity index is 326. The number of sulfonamides is 1. The van der Waals surface area contributed by atoms with E-state index in [2.05, 4.69) is 9.46 Å². The van der Waals surface area contributed by atoms with E-state index < -0.39 is 22.1 Å². The minimum absolute atomic E-state index is 0.0855. The van der Waals surface area contributed by atoms with Gasteiger partial charge in [0.25, 0.3) is 0 Å². The van der Waals surface area contributed by atoms with Crippen molar-refractivity contribution in [3.63, 3.8) is 0 Å². The van der Waals surface area contributed by atoms with Gasteiger partial charge in [0.2, 0.25) is 10.0 Å². The van der Waals surface area contributed by atoms with E-state index in [1.807, 2.05) is 0 Å². The second kappa shape index (κ2) is 7.62. The number of ether oxygens (including phenoxy) is 1. The van der Waals surface area contributed by atoms with Gasteiger partial charge in [0.05, 0.1) is 19.0 Å². The molecule has 0 heterocycles. The Balaban J connectivity index is 3.99. The van der Waals surface area contributed by atoms with Crippen LogP contribution in [-0.2, 0) is 19.6 Å². The second-order valence-electron chi connectivity index (χ2n) is 4.10. The summed E-state index contributed by atoms with van der Waals surface area (Å²) in [5.74, 6) is -0.538. The van der Waals surface area contributed by atoms with Crippen molar-refractivity contribution in [2.45, 2.75) is 45.3 Å². The van der Waals surface area contributed by atoms with Gasteiger partial charge in [-0.05, 0) is 26.7 Å². The molecule has 102 valence electrons. The smallest absolute Gasteiger partial charge is 0.305 e. The number of methoxy groups -OCH3 is 1. The number of nitrogens with one attached hydrogen (secondary N) is 1. The minimum Gasteiger partial charge on any atom is -0.469 e. The average molecular weight is 267 g/mol. The second-order valence-corrected chi connectivity index (χ2v) is 5.98. The fourth-order valence-corrected chi connectivity index (χ4v) is 2.79. The van der Waals surface area contributed by atoms with Crippen LogP contribution in [0.25, 0.3) is 0 Å². The van der Waals surface area contributed by atoms with Crippen molar-refractivity contribution in [2.75, 3.05) is 12.9 Å². The number of rotatable bonds is 8. The monoisotopic (exact) mass is 267 g/mol. The molecule has 0 amide bonds. The van der Waals surface area contributed by atoms with Crippen LogP contribution in [-0.4, -0.2) is 44.5 Å². The number of hydrogen-bond donors (Lipinski definition) is 2. The Labute approximate surface area is 102 Å². The summed E-state index contributed by atoms with van der Waals surface area (Å²) in [7, 11) is -2.14. The summed E-state index contributed by atoms with van der Waals surface area (Å²) >= 11 is 0. The molecule has 0 saturated heterocycles. The first-order valence-corrected chi connectivity index (χ1v) is 7.17. The molecule has 7 heteroatoms. The zero-order chi connectivity index (χ0) is 13.5. The van der Waals surface area contributed by atoms with Crippen LogP contribution in [0.1, 0.15) is 33.1 Å². The van der Waals surface area contributed by atoms with Crippen LogP contribution in [0.2, 0.25) is 0 Å². The average Bonchev–Trinajstić information content (AvgIpc) is 2.14. The van der Waals surface area contributed by atoms with Gasteiger partial charge in [-0.3, -0.25) is 4.79 Å². The summed E-state index contributed by atoms with van der Waals surface area (Å²) in [5.41, 5.74) is 0. The molecule has 0 aliphatic carbocycles. The summed E-state index contributed by atoms with van der Waals surface area (Å²) in [6.07, 6.45) is 0.115. The summed E-state index contributed by atoms with van der Waals surface area (Å²) in [6.45, 7) is 3.28. The molecule has 0 aliphatic heterocycles. The molecule has 2 atom stereocenters. The van der Waals surface area contributed by atoms with E-state index in [1.54, 1.807) is 13.8 Å². The Kier molecular flexibility index (Phi) is 7.33. The molecule has 6 nitrogen and oxygen atoms in total. The van der Waals surface area contributed by atoms with Gasteiger partial charge in [0.15, 0.2) is 0 Å². The standard InChI is InChI=1S/C10H21NO5S/c1-8(7-9(2)12)11-17(14,15)6-4-5-10(13)16-3/h8-9,11-12H,4-7H2,1-3H3. The van der Waals surface area contributed by atoms with Crippen LogP contribution in [0, 0.1) is 0 Å². The van der Waals surface area contributed by atoms with E-state index in [4.69, 9.17) is 5.11 Å². The SMILES string of the molecule is COC(=O)CCCS(=O)(=O)NC(C)CC(C)O. The molecule has 0 radical (unpaired) electrons. The Morgan fingerprint density at radius 2 is 2.00 bits per heavy atom. The van der Waals surface area contributed by atoms with Gasteiger partial charge >= 0.3 is 5.97 Å². The molecule has 0 spiro atoms. The van der Waals surface area contributed by atoms with Crippen LogP contribution < -0.4 is 4.72 Å². The molecule has 2 unspecified atom stereocenters. The van der Waals surface area contributed by atoms with E-state index in [9.17, 15) is 13.2 Å². The highest BCUT2D eigenvalue weighted by Crippen LogP contribution is 2.02. The molecule has 0 aromatic carbocycles. The van der Waals surface area contributed by atoms with Crippen molar-refractivity contribution in [1.29, 1.82) is 0 Å². The number of carbonyl (C=O) groups is 1.